The van der Waals surface area contributed by atoms with Gasteiger partial charge in [0, 0.05) is 28.3 Å². The van der Waals surface area contributed by atoms with Gasteiger partial charge < -0.3 is 9.88 Å². The summed E-state index contributed by atoms with van der Waals surface area (Å²) in [6.45, 7) is 0.824. The van der Waals surface area contributed by atoms with Gasteiger partial charge >= 0.3 is 0 Å². The lowest BCUT2D eigenvalue weighted by molar-refractivity contribution is 0.102. The normalized spacial score (nSPS) is 13.0. The maximum absolute atomic E-state index is 12.8. The average molecular weight is 383 g/mol. The third-order valence-corrected chi connectivity index (χ3v) is 4.85. The Labute approximate surface area is 147 Å². The fourth-order valence-electron chi connectivity index (χ4n) is 3.28. The first-order valence-electron chi connectivity index (χ1n) is 7.85. The molecule has 5 heteroatoms. The van der Waals surface area contributed by atoms with Crippen molar-refractivity contribution in [1.29, 1.82) is 0 Å². The highest BCUT2D eigenvalue weighted by Gasteiger charge is 2.19. The number of para-hydroxylation sites is 1. The number of hydrogen-bond acceptors (Lipinski definition) is 2. The molecule has 0 spiro atoms. The van der Waals surface area contributed by atoms with Crippen LogP contribution in [-0.2, 0) is 13.0 Å². The number of halogens is 1. The highest BCUT2D eigenvalue weighted by molar-refractivity contribution is 9.10. The predicted octanol–water partition coefficient (Wildman–Crippen LogP) is 3.96. The Morgan fingerprint density at radius 1 is 1.17 bits per heavy atom. The lowest BCUT2D eigenvalue weighted by Crippen LogP contribution is -2.25. The van der Waals surface area contributed by atoms with E-state index in [0.717, 1.165) is 29.4 Å². The number of carbonyl (C=O) groups excluding carboxylic acids is 1. The summed E-state index contributed by atoms with van der Waals surface area (Å²) in [5.41, 5.74) is 2.77. The molecule has 0 saturated carbocycles. The van der Waals surface area contributed by atoms with E-state index in [0.29, 0.717) is 11.1 Å². The molecule has 2 heterocycles. The molecule has 0 radical (unpaired) electrons. The second kappa shape index (κ2) is 5.91. The fourth-order valence-corrected chi connectivity index (χ4v) is 3.68. The molecule has 0 atom stereocenters. The summed E-state index contributed by atoms with van der Waals surface area (Å²) in [5, 5.41) is 3.43. The number of nitrogens with one attached hydrogen (secondary N) is 1. The van der Waals surface area contributed by atoms with Crippen molar-refractivity contribution in [2.75, 3.05) is 5.32 Å². The Morgan fingerprint density at radius 2 is 2.00 bits per heavy atom. The molecule has 1 aliphatic heterocycles. The molecule has 0 bridgehead atoms. The van der Waals surface area contributed by atoms with Crippen LogP contribution in [0, 0.1) is 0 Å². The number of hydrogen-bond donors (Lipinski definition) is 1. The SMILES string of the molecule is O=C(Nc1cccc(Br)c1)c1cn2c3c(cccc3c1=O)CCC2. The number of aryl methyl sites for hydroxylation is 2. The first kappa shape index (κ1) is 15.1. The number of amides is 1. The van der Waals surface area contributed by atoms with Gasteiger partial charge in [-0.2, -0.15) is 0 Å². The number of rotatable bonds is 2. The minimum atomic E-state index is -0.375. The summed E-state index contributed by atoms with van der Waals surface area (Å²) in [6, 6.07) is 13.1. The molecule has 1 N–H and O–H groups in total. The molecule has 4 nitrogen and oxygen atoms in total. The van der Waals surface area contributed by atoms with Gasteiger partial charge in [0.05, 0.1) is 5.52 Å². The summed E-state index contributed by atoms with van der Waals surface area (Å²) in [5.74, 6) is -0.375. The van der Waals surface area contributed by atoms with Crippen molar-refractivity contribution in [3.05, 3.63) is 74.5 Å². The summed E-state index contributed by atoms with van der Waals surface area (Å²) >= 11 is 3.38. The Bertz CT molecular complexity index is 1020. The van der Waals surface area contributed by atoms with Crippen LogP contribution in [0.3, 0.4) is 0 Å². The predicted molar refractivity (Wildman–Crippen MR) is 98.6 cm³/mol. The zero-order valence-corrected chi connectivity index (χ0v) is 14.5. The zero-order valence-electron chi connectivity index (χ0n) is 12.9. The van der Waals surface area contributed by atoms with E-state index in [1.54, 1.807) is 24.4 Å². The number of aromatic nitrogens is 1. The summed E-state index contributed by atoms with van der Waals surface area (Å²) in [4.78, 5) is 25.4. The molecule has 24 heavy (non-hydrogen) atoms. The van der Waals surface area contributed by atoms with Gasteiger partial charge in [-0.15, -0.1) is 0 Å². The number of nitrogens with zero attached hydrogens (tertiary/aromatic N) is 1. The summed E-state index contributed by atoms with van der Waals surface area (Å²) in [7, 11) is 0. The average Bonchev–Trinajstić information content (AvgIpc) is 2.58. The number of benzene rings is 2. The largest absolute Gasteiger partial charge is 0.346 e. The van der Waals surface area contributed by atoms with Gasteiger partial charge in [0.2, 0.25) is 5.43 Å². The van der Waals surface area contributed by atoms with Crippen LogP contribution in [0.1, 0.15) is 22.3 Å². The molecule has 1 aliphatic rings. The minimum absolute atomic E-state index is 0.182. The van der Waals surface area contributed by atoms with Crippen LogP contribution < -0.4 is 10.7 Å². The van der Waals surface area contributed by atoms with Gasteiger partial charge in [-0.05, 0) is 42.7 Å². The first-order chi connectivity index (χ1) is 11.6. The van der Waals surface area contributed by atoms with E-state index >= 15 is 0 Å². The van der Waals surface area contributed by atoms with Crippen LogP contribution in [0.25, 0.3) is 10.9 Å². The molecule has 0 aliphatic carbocycles. The topological polar surface area (TPSA) is 51.1 Å². The van der Waals surface area contributed by atoms with E-state index in [1.807, 2.05) is 22.8 Å². The van der Waals surface area contributed by atoms with Crippen molar-refractivity contribution in [1.82, 2.24) is 4.57 Å². The van der Waals surface area contributed by atoms with Gasteiger partial charge in [-0.3, -0.25) is 9.59 Å². The molecule has 4 rings (SSSR count). The van der Waals surface area contributed by atoms with Crippen LogP contribution >= 0.6 is 15.9 Å². The molecule has 3 aromatic rings. The van der Waals surface area contributed by atoms with E-state index in [1.165, 1.54) is 5.56 Å². The third kappa shape index (κ3) is 2.55. The Balaban J connectivity index is 1.81. The van der Waals surface area contributed by atoms with Crippen molar-refractivity contribution in [3.8, 4) is 0 Å². The van der Waals surface area contributed by atoms with Crippen molar-refractivity contribution < 1.29 is 4.79 Å². The van der Waals surface area contributed by atoms with Gasteiger partial charge in [0.25, 0.3) is 5.91 Å². The summed E-state index contributed by atoms with van der Waals surface area (Å²) < 4.78 is 2.90. The second-order valence-electron chi connectivity index (χ2n) is 5.95. The molecular weight excluding hydrogens is 368 g/mol. The van der Waals surface area contributed by atoms with E-state index in [-0.39, 0.29) is 16.9 Å². The van der Waals surface area contributed by atoms with Crippen LogP contribution in [0.5, 0.6) is 0 Å². The number of carbonyl (C=O) groups is 1. The highest BCUT2D eigenvalue weighted by Crippen LogP contribution is 2.24. The molecule has 0 fully saturated rings. The van der Waals surface area contributed by atoms with Crippen LogP contribution in [0.2, 0.25) is 0 Å². The molecule has 2 aromatic carbocycles. The van der Waals surface area contributed by atoms with E-state index in [9.17, 15) is 9.59 Å². The van der Waals surface area contributed by atoms with E-state index in [2.05, 4.69) is 27.3 Å². The molecule has 1 aromatic heterocycles. The van der Waals surface area contributed by atoms with Gasteiger partial charge in [0.1, 0.15) is 5.56 Å². The van der Waals surface area contributed by atoms with Crippen molar-refractivity contribution in [3.63, 3.8) is 0 Å². The first-order valence-corrected chi connectivity index (χ1v) is 8.65. The van der Waals surface area contributed by atoms with E-state index in [4.69, 9.17) is 0 Å². The molecule has 0 saturated heterocycles. The van der Waals surface area contributed by atoms with Crippen molar-refractivity contribution in [2.24, 2.45) is 0 Å². The lowest BCUT2D eigenvalue weighted by atomic mass is 10.00. The molecular formula is C19H15BrN2O2. The third-order valence-electron chi connectivity index (χ3n) is 4.35. The number of anilines is 1. The van der Waals surface area contributed by atoms with Gasteiger partial charge in [-0.1, -0.05) is 34.1 Å². The Morgan fingerprint density at radius 3 is 2.83 bits per heavy atom. The van der Waals surface area contributed by atoms with E-state index < -0.39 is 0 Å². The number of pyridine rings is 1. The Hall–Kier alpha value is -2.40. The van der Waals surface area contributed by atoms with Crippen molar-refractivity contribution in [2.45, 2.75) is 19.4 Å². The molecule has 120 valence electrons. The second-order valence-corrected chi connectivity index (χ2v) is 6.86. The highest BCUT2D eigenvalue weighted by atomic mass is 79.9. The van der Waals surface area contributed by atoms with Crippen molar-refractivity contribution >= 4 is 38.4 Å². The lowest BCUT2D eigenvalue weighted by Gasteiger charge is -2.20. The van der Waals surface area contributed by atoms with Gasteiger partial charge in [0.15, 0.2) is 0 Å². The van der Waals surface area contributed by atoms with Gasteiger partial charge in [-0.25, -0.2) is 0 Å². The quantitative estimate of drug-likeness (QED) is 0.728. The fraction of sp³-hybridized carbons (Fsp3) is 0.158. The zero-order chi connectivity index (χ0) is 16.7. The summed E-state index contributed by atoms with van der Waals surface area (Å²) in [6.07, 6.45) is 3.68. The monoisotopic (exact) mass is 382 g/mol. The molecule has 0 unspecified atom stereocenters. The van der Waals surface area contributed by atoms with Crippen LogP contribution in [0.15, 0.2) is 57.9 Å². The maximum atomic E-state index is 12.8. The smallest absolute Gasteiger partial charge is 0.261 e. The van der Waals surface area contributed by atoms with Crippen LogP contribution in [0.4, 0.5) is 5.69 Å². The maximum Gasteiger partial charge on any atom is 0.261 e. The Kier molecular flexibility index (Phi) is 3.73. The standard InChI is InChI=1S/C19H15BrN2O2/c20-13-6-2-7-14(10-13)21-19(24)16-11-22-9-3-5-12-4-1-8-15(17(12)22)18(16)23/h1-2,4,6-8,10-11H,3,5,9H2,(H,21,24). The van der Waals surface area contributed by atoms with Crippen LogP contribution in [-0.4, -0.2) is 10.5 Å². The minimum Gasteiger partial charge on any atom is -0.346 e. The molecule has 1 amide bonds.